The molecule has 0 saturated heterocycles. The van der Waals surface area contributed by atoms with Crippen molar-refractivity contribution in [1.29, 1.82) is 0 Å². The fourth-order valence-electron chi connectivity index (χ4n) is 0.771. The van der Waals surface area contributed by atoms with Gasteiger partial charge in [-0.15, -0.1) is 0 Å². The van der Waals surface area contributed by atoms with Gasteiger partial charge in [-0.2, -0.15) is 0 Å². The van der Waals surface area contributed by atoms with Crippen molar-refractivity contribution in [2.75, 3.05) is 5.32 Å². The lowest BCUT2D eigenvalue weighted by Crippen LogP contribution is -2.08. The van der Waals surface area contributed by atoms with Crippen LogP contribution in [0.1, 0.15) is 0 Å². The third-order valence-corrected chi connectivity index (χ3v) is 1.51. The van der Waals surface area contributed by atoms with Gasteiger partial charge in [0.2, 0.25) is 0 Å². The molecule has 1 N–H and O–H groups in total. The lowest BCUT2D eigenvalue weighted by atomic mass is 10.3. The predicted octanol–water partition coefficient (Wildman–Crippen LogP) is 2.16. The zero-order valence-corrected chi connectivity index (χ0v) is 8.63. The van der Waals surface area contributed by atoms with E-state index in [-0.39, 0.29) is 5.82 Å². The van der Waals surface area contributed by atoms with Crippen molar-refractivity contribution in [2.24, 2.45) is 0 Å². The lowest BCUT2D eigenvalue weighted by molar-refractivity contribution is -0.111. The first kappa shape index (κ1) is 9.99. The van der Waals surface area contributed by atoms with E-state index < -0.39 is 5.91 Å². The molecule has 1 rings (SSSR count). The monoisotopic (exact) mass is 289 g/mol. The SMILES string of the molecule is O=C(C#CI)Nc1cccc(F)c1. The Labute approximate surface area is 88.7 Å². The number of carbonyl (C=O) groups is 1. The number of hydrogen-bond donors (Lipinski definition) is 1. The maximum absolute atomic E-state index is 12.6. The normalized spacial score (nSPS) is 8.46. The highest BCUT2D eigenvalue weighted by molar-refractivity contribution is 14.1. The van der Waals surface area contributed by atoms with Gasteiger partial charge >= 0.3 is 5.91 Å². The van der Waals surface area contributed by atoms with Crippen LogP contribution in [-0.4, -0.2) is 5.91 Å². The third kappa shape index (κ3) is 3.42. The molecule has 66 valence electrons. The van der Waals surface area contributed by atoms with Crippen LogP contribution in [0.3, 0.4) is 0 Å². The standard InChI is InChI=1S/C9H5FINO/c10-7-2-1-3-8(6-7)12-9(13)4-5-11/h1-3,6H,(H,12,13). The van der Waals surface area contributed by atoms with Gasteiger partial charge in [0.25, 0.3) is 0 Å². The van der Waals surface area contributed by atoms with Crippen LogP contribution in [0.2, 0.25) is 0 Å². The van der Waals surface area contributed by atoms with Crippen molar-refractivity contribution in [2.45, 2.75) is 0 Å². The zero-order valence-electron chi connectivity index (χ0n) is 6.47. The minimum absolute atomic E-state index is 0.389. The summed E-state index contributed by atoms with van der Waals surface area (Å²) in [4.78, 5) is 10.9. The number of nitrogens with one attached hydrogen (secondary N) is 1. The van der Waals surface area contributed by atoms with E-state index in [0.29, 0.717) is 5.69 Å². The summed E-state index contributed by atoms with van der Waals surface area (Å²) in [6.45, 7) is 0. The van der Waals surface area contributed by atoms with Crippen molar-refractivity contribution in [3.63, 3.8) is 0 Å². The fraction of sp³-hybridized carbons (Fsp3) is 0. The van der Waals surface area contributed by atoms with Crippen molar-refractivity contribution in [3.05, 3.63) is 30.1 Å². The lowest BCUT2D eigenvalue weighted by Gasteiger charge is -1.99. The minimum atomic E-state index is -0.444. The molecule has 1 amide bonds. The molecule has 0 atom stereocenters. The average molecular weight is 289 g/mol. The van der Waals surface area contributed by atoms with Gasteiger partial charge in [-0.25, -0.2) is 4.39 Å². The molecule has 13 heavy (non-hydrogen) atoms. The molecule has 1 aromatic rings. The van der Waals surface area contributed by atoms with E-state index in [1.165, 1.54) is 18.2 Å². The second-order valence-corrected chi connectivity index (χ2v) is 2.72. The van der Waals surface area contributed by atoms with Crippen LogP contribution < -0.4 is 5.32 Å². The smallest absolute Gasteiger partial charge is 0.301 e. The number of amides is 1. The molecule has 0 aliphatic carbocycles. The van der Waals surface area contributed by atoms with Gasteiger partial charge in [-0.1, -0.05) is 6.07 Å². The van der Waals surface area contributed by atoms with Gasteiger partial charge in [0.05, 0.1) is 0 Å². The first-order chi connectivity index (χ1) is 6.22. The van der Waals surface area contributed by atoms with Gasteiger partial charge in [0, 0.05) is 34.2 Å². The number of anilines is 1. The van der Waals surface area contributed by atoms with Crippen LogP contribution in [0.25, 0.3) is 0 Å². The minimum Gasteiger partial charge on any atom is -0.315 e. The van der Waals surface area contributed by atoms with Crippen LogP contribution in [0.5, 0.6) is 0 Å². The van der Waals surface area contributed by atoms with E-state index in [9.17, 15) is 9.18 Å². The summed E-state index contributed by atoms with van der Waals surface area (Å²) in [7, 11) is 0. The number of halogens is 2. The molecule has 4 heteroatoms. The van der Waals surface area contributed by atoms with E-state index in [1.807, 2.05) is 0 Å². The quantitative estimate of drug-likeness (QED) is 0.623. The summed E-state index contributed by atoms with van der Waals surface area (Å²) in [5.41, 5.74) is 0.407. The van der Waals surface area contributed by atoms with Crippen molar-refractivity contribution in [1.82, 2.24) is 0 Å². The molecule has 0 fully saturated rings. The van der Waals surface area contributed by atoms with Crippen LogP contribution in [-0.2, 0) is 4.79 Å². The van der Waals surface area contributed by atoms with Crippen LogP contribution in [0.4, 0.5) is 10.1 Å². The van der Waals surface area contributed by atoms with Crippen LogP contribution in [0.15, 0.2) is 24.3 Å². The summed E-state index contributed by atoms with van der Waals surface area (Å²) in [5, 5.41) is 2.43. The summed E-state index contributed by atoms with van der Waals surface area (Å²) in [5.74, 6) is 1.44. The van der Waals surface area contributed by atoms with Gasteiger partial charge in [0.1, 0.15) is 5.82 Å². The maximum Gasteiger partial charge on any atom is 0.301 e. The Kier molecular flexibility index (Phi) is 3.71. The topological polar surface area (TPSA) is 29.1 Å². The Balaban J connectivity index is 2.73. The van der Waals surface area contributed by atoms with Crippen LogP contribution in [0, 0.1) is 15.7 Å². The average Bonchev–Trinajstić information content (AvgIpc) is 2.04. The Morgan fingerprint density at radius 1 is 1.54 bits per heavy atom. The summed E-state index contributed by atoms with van der Waals surface area (Å²) in [6, 6.07) is 5.64. The molecule has 0 spiro atoms. The Hall–Kier alpha value is -1.09. The summed E-state index contributed by atoms with van der Waals surface area (Å²) < 4.78 is 15.0. The fourth-order valence-corrected chi connectivity index (χ4v) is 1.02. The van der Waals surface area contributed by atoms with E-state index >= 15 is 0 Å². The van der Waals surface area contributed by atoms with Gasteiger partial charge < -0.3 is 5.32 Å². The molecule has 0 saturated carbocycles. The van der Waals surface area contributed by atoms with Gasteiger partial charge in [-0.3, -0.25) is 4.79 Å². The highest BCUT2D eigenvalue weighted by Crippen LogP contribution is 2.08. The Morgan fingerprint density at radius 3 is 2.92 bits per heavy atom. The molecule has 0 heterocycles. The third-order valence-electron chi connectivity index (χ3n) is 1.24. The molecule has 1 aromatic carbocycles. The van der Waals surface area contributed by atoms with Crippen molar-refractivity contribution in [3.8, 4) is 9.85 Å². The maximum atomic E-state index is 12.6. The Morgan fingerprint density at radius 2 is 2.31 bits per heavy atom. The summed E-state index contributed by atoms with van der Waals surface area (Å²) in [6.07, 6.45) is 0. The van der Waals surface area contributed by atoms with E-state index in [0.717, 1.165) is 0 Å². The molecule has 0 aromatic heterocycles. The Bertz CT molecular complexity index is 381. The molecule has 0 bridgehead atoms. The number of benzene rings is 1. The molecular weight excluding hydrogens is 284 g/mol. The second-order valence-electron chi connectivity index (χ2n) is 2.18. The number of rotatable bonds is 1. The highest BCUT2D eigenvalue weighted by atomic mass is 127. The number of carbonyl (C=O) groups excluding carboxylic acids is 1. The summed E-state index contributed by atoms with van der Waals surface area (Å²) >= 11 is 1.76. The van der Waals surface area contributed by atoms with Crippen molar-refractivity contribution < 1.29 is 9.18 Å². The van der Waals surface area contributed by atoms with E-state index in [4.69, 9.17) is 0 Å². The largest absolute Gasteiger partial charge is 0.315 e. The number of hydrogen-bond acceptors (Lipinski definition) is 1. The molecular formula is C9H5FINO. The molecule has 0 aliphatic heterocycles. The van der Waals surface area contributed by atoms with Gasteiger partial charge in [0.15, 0.2) is 0 Å². The molecule has 0 aliphatic rings. The van der Waals surface area contributed by atoms with Crippen LogP contribution >= 0.6 is 22.6 Å². The first-order valence-electron chi connectivity index (χ1n) is 3.40. The van der Waals surface area contributed by atoms with E-state index in [2.05, 4.69) is 15.2 Å². The molecule has 0 radical (unpaired) electrons. The molecule has 2 nitrogen and oxygen atoms in total. The van der Waals surface area contributed by atoms with E-state index in [1.54, 1.807) is 28.7 Å². The predicted molar refractivity (Wildman–Crippen MR) is 56.8 cm³/mol. The van der Waals surface area contributed by atoms with Gasteiger partial charge in [-0.05, 0) is 22.1 Å². The highest BCUT2D eigenvalue weighted by Gasteiger charge is 1.97. The second kappa shape index (κ2) is 4.82. The van der Waals surface area contributed by atoms with Crippen molar-refractivity contribution >= 4 is 34.2 Å². The molecule has 0 unspecified atom stereocenters. The first-order valence-corrected chi connectivity index (χ1v) is 4.48. The zero-order chi connectivity index (χ0) is 9.68.